The second-order valence-corrected chi connectivity index (χ2v) is 7.70. The lowest BCUT2D eigenvalue weighted by atomic mass is 10.00. The van der Waals surface area contributed by atoms with Crippen LogP contribution < -0.4 is 5.32 Å². The van der Waals surface area contributed by atoms with Crippen molar-refractivity contribution < 1.29 is 18.0 Å². The van der Waals surface area contributed by atoms with Crippen molar-refractivity contribution in [3.63, 3.8) is 0 Å². The number of aryl methyl sites for hydroxylation is 2. The molecule has 1 unspecified atom stereocenters. The fourth-order valence-electron chi connectivity index (χ4n) is 3.74. The maximum Gasteiger partial charge on any atom is 0.418 e. The zero-order valence-corrected chi connectivity index (χ0v) is 17.7. The first-order chi connectivity index (χ1) is 14.8. The molecule has 1 N–H and O–H groups in total. The third-order valence-electron chi connectivity index (χ3n) is 5.52. The highest BCUT2D eigenvalue weighted by atomic mass is 19.4. The number of anilines is 1. The highest BCUT2D eigenvalue weighted by Gasteiger charge is 2.34. The third kappa shape index (κ3) is 5.57. The summed E-state index contributed by atoms with van der Waals surface area (Å²) in [6.45, 7) is 4.80. The molecule has 0 aliphatic carbocycles. The van der Waals surface area contributed by atoms with Crippen LogP contribution in [0, 0.1) is 0 Å². The Bertz CT molecular complexity index is 1010. The largest absolute Gasteiger partial charge is 0.418 e. The lowest BCUT2D eigenvalue weighted by Crippen LogP contribution is -2.19. The van der Waals surface area contributed by atoms with Crippen molar-refractivity contribution in [1.29, 1.82) is 0 Å². The predicted molar refractivity (Wildman–Crippen MR) is 117 cm³/mol. The van der Waals surface area contributed by atoms with Gasteiger partial charge in [-0.25, -0.2) is 0 Å². The van der Waals surface area contributed by atoms with Crippen LogP contribution in [0.5, 0.6) is 0 Å². The molecule has 3 nitrogen and oxygen atoms in total. The van der Waals surface area contributed by atoms with Crippen molar-refractivity contribution in [2.24, 2.45) is 0 Å². The Morgan fingerprint density at radius 3 is 2.39 bits per heavy atom. The summed E-state index contributed by atoms with van der Waals surface area (Å²) < 4.78 is 41.9. The summed E-state index contributed by atoms with van der Waals surface area (Å²) in [6, 6.07) is 16.9. The summed E-state index contributed by atoms with van der Waals surface area (Å²) in [5.41, 5.74) is 1.45. The number of amides is 1. The highest BCUT2D eigenvalue weighted by molar-refractivity contribution is 6.05. The van der Waals surface area contributed by atoms with Crippen molar-refractivity contribution in [3.05, 3.63) is 89.2 Å². The Hall–Kier alpha value is -3.02. The molecule has 1 aromatic heterocycles. The minimum atomic E-state index is -4.53. The molecule has 0 aliphatic heterocycles. The van der Waals surface area contributed by atoms with Crippen LogP contribution in [-0.4, -0.2) is 10.5 Å². The first-order valence-electron chi connectivity index (χ1n) is 10.5. The van der Waals surface area contributed by atoms with E-state index in [9.17, 15) is 18.0 Å². The van der Waals surface area contributed by atoms with Gasteiger partial charge in [0.1, 0.15) is 0 Å². The van der Waals surface area contributed by atoms with Crippen LogP contribution in [-0.2, 0) is 19.1 Å². The quantitative estimate of drug-likeness (QED) is 0.416. The molecule has 2 aromatic carbocycles. The second-order valence-electron chi connectivity index (χ2n) is 7.70. The van der Waals surface area contributed by atoms with Crippen LogP contribution in [0.15, 0.2) is 66.9 Å². The number of halogens is 3. The van der Waals surface area contributed by atoms with E-state index in [-0.39, 0.29) is 11.6 Å². The summed E-state index contributed by atoms with van der Waals surface area (Å²) in [5, 5.41) is 2.48. The summed E-state index contributed by atoms with van der Waals surface area (Å²) in [5.74, 6) is -0.417. The predicted octanol–water partition coefficient (Wildman–Crippen LogP) is 6.91. The first kappa shape index (κ1) is 22.7. The number of hydrogen-bond donors (Lipinski definition) is 1. The van der Waals surface area contributed by atoms with Crippen LogP contribution in [0.2, 0.25) is 0 Å². The molecule has 0 aliphatic rings. The van der Waals surface area contributed by atoms with Gasteiger partial charge in [0.25, 0.3) is 5.91 Å². The van der Waals surface area contributed by atoms with E-state index in [0.717, 1.165) is 37.6 Å². The Balaban J connectivity index is 1.80. The molecule has 1 heterocycles. The lowest BCUT2D eigenvalue weighted by molar-refractivity contribution is -0.136. The molecule has 0 bridgehead atoms. The average Bonchev–Trinajstić information content (AvgIpc) is 3.17. The van der Waals surface area contributed by atoms with E-state index >= 15 is 0 Å². The van der Waals surface area contributed by atoms with E-state index in [4.69, 9.17) is 0 Å². The number of nitrogens with one attached hydrogen (secondary N) is 1. The van der Waals surface area contributed by atoms with Gasteiger partial charge in [0.15, 0.2) is 0 Å². The first-order valence-corrected chi connectivity index (χ1v) is 10.5. The SMILES string of the molecule is CCC(C)c1c(C(=O)Nc2ccccc2C(F)(F)F)ccn1CCCc1ccccc1. The number of rotatable bonds is 8. The number of para-hydroxylation sites is 1. The molecule has 1 atom stereocenters. The minimum Gasteiger partial charge on any atom is -0.350 e. The minimum absolute atomic E-state index is 0.102. The van der Waals surface area contributed by atoms with Crippen molar-refractivity contribution in [3.8, 4) is 0 Å². The molecule has 6 heteroatoms. The molecule has 0 radical (unpaired) electrons. The smallest absolute Gasteiger partial charge is 0.350 e. The maximum atomic E-state index is 13.3. The molecule has 0 saturated carbocycles. The molecule has 3 rings (SSSR count). The van der Waals surface area contributed by atoms with Gasteiger partial charge in [-0.1, -0.05) is 56.3 Å². The molecular weight excluding hydrogens is 401 g/mol. The maximum absolute atomic E-state index is 13.3. The molecule has 3 aromatic rings. The van der Waals surface area contributed by atoms with Crippen molar-refractivity contribution >= 4 is 11.6 Å². The lowest BCUT2D eigenvalue weighted by Gasteiger charge is -2.18. The van der Waals surface area contributed by atoms with E-state index in [1.165, 1.54) is 23.8 Å². The van der Waals surface area contributed by atoms with Crippen molar-refractivity contribution in [1.82, 2.24) is 4.57 Å². The van der Waals surface area contributed by atoms with Crippen LogP contribution in [0.25, 0.3) is 0 Å². The number of carbonyl (C=O) groups is 1. The van der Waals surface area contributed by atoms with Gasteiger partial charge in [0.2, 0.25) is 0 Å². The van der Waals surface area contributed by atoms with E-state index < -0.39 is 17.6 Å². The topological polar surface area (TPSA) is 34.0 Å². The summed E-state index contributed by atoms with van der Waals surface area (Å²) in [6.07, 6.45) is -0.0362. The molecule has 0 fully saturated rings. The van der Waals surface area contributed by atoms with Crippen molar-refractivity contribution in [2.75, 3.05) is 5.32 Å². The summed E-state index contributed by atoms with van der Waals surface area (Å²) in [4.78, 5) is 13.0. The number of alkyl halides is 3. The Morgan fingerprint density at radius 2 is 1.71 bits per heavy atom. The second kappa shape index (κ2) is 9.86. The molecular formula is C25H27F3N2O. The number of nitrogens with zero attached hydrogens (tertiary/aromatic N) is 1. The normalized spacial score (nSPS) is 12.5. The number of benzene rings is 2. The van der Waals surface area contributed by atoms with Crippen LogP contribution >= 0.6 is 0 Å². The third-order valence-corrected chi connectivity index (χ3v) is 5.52. The van der Waals surface area contributed by atoms with Gasteiger partial charge in [0, 0.05) is 18.4 Å². The number of hydrogen-bond acceptors (Lipinski definition) is 1. The average molecular weight is 428 g/mol. The van der Waals surface area contributed by atoms with E-state index in [1.54, 1.807) is 6.07 Å². The molecule has 0 saturated heterocycles. The molecule has 0 spiro atoms. The fourth-order valence-corrected chi connectivity index (χ4v) is 3.74. The van der Waals surface area contributed by atoms with Gasteiger partial charge in [-0.3, -0.25) is 4.79 Å². The summed E-state index contributed by atoms with van der Waals surface area (Å²) >= 11 is 0. The Labute approximate surface area is 180 Å². The van der Waals surface area contributed by atoms with Gasteiger partial charge in [-0.2, -0.15) is 13.2 Å². The van der Waals surface area contributed by atoms with E-state index in [1.807, 2.05) is 38.2 Å². The van der Waals surface area contributed by atoms with E-state index in [2.05, 4.69) is 22.0 Å². The number of aromatic nitrogens is 1. The zero-order valence-electron chi connectivity index (χ0n) is 17.7. The van der Waals surface area contributed by atoms with Crippen molar-refractivity contribution in [2.45, 2.75) is 51.7 Å². The fraction of sp³-hybridized carbons (Fsp3) is 0.320. The molecule has 1 amide bonds. The molecule has 31 heavy (non-hydrogen) atoms. The molecule has 164 valence electrons. The number of carbonyl (C=O) groups excluding carboxylic acids is 1. The van der Waals surface area contributed by atoms with Crippen LogP contribution in [0.4, 0.5) is 18.9 Å². The van der Waals surface area contributed by atoms with E-state index in [0.29, 0.717) is 5.56 Å². The highest BCUT2D eigenvalue weighted by Crippen LogP contribution is 2.35. The van der Waals surface area contributed by atoms with Gasteiger partial charge >= 0.3 is 6.18 Å². The Morgan fingerprint density at radius 1 is 1.03 bits per heavy atom. The van der Waals surface area contributed by atoms with Gasteiger partial charge < -0.3 is 9.88 Å². The van der Waals surface area contributed by atoms with Gasteiger partial charge in [0.05, 0.1) is 16.8 Å². The van der Waals surface area contributed by atoms with Crippen LogP contribution in [0.1, 0.15) is 59.8 Å². The summed E-state index contributed by atoms with van der Waals surface area (Å²) in [7, 11) is 0. The Kier molecular flexibility index (Phi) is 7.21. The van der Waals surface area contributed by atoms with Crippen LogP contribution in [0.3, 0.4) is 0 Å². The van der Waals surface area contributed by atoms with Gasteiger partial charge in [-0.15, -0.1) is 0 Å². The van der Waals surface area contributed by atoms with Gasteiger partial charge in [-0.05, 0) is 48.9 Å². The monoisotopic (exact) mass is 428 g/mol. The zero-order chi connectivity index (χ0) is 22.4. The standard InChI is InChI=1S/C25H27F3N2O/c1-3-18(2)23-20(15-17-30(23)16-9-12-19-10-5-4-6-11-19)24(31)29-22-14-8-7-13-21(22)25(26,27)28/h4-8,10-11,13-15,17-18H,3,9,12,16H2,1-2H3,(H,29,31).